The number of hydrogen-bond donors (Lipinski definition) is 0. The number of allylic oxidation sites excluding steroid dienone is 1. The molecule has 0 radical (unpaired) electrons. The highest BCUT2D eigenvalue weighted by atomic mass is 16.5. The maximum absolute atomic E-state index is 10.3. The maximum atomic E-state index is 10.3. The van der Waals surface area contributed by atoms with Crippen LogP contribution in [0.4, 0.5) is 0 Å². The lowest BCUT2D eigenvalue weighted by Gasteiger charge is -2.09. The molecular formula is C11H20O2. The first-order chi connectivity index (χ1) is 6.24. The summed E-state index contributed by atoms with van der Waals surface area (Å²) in [5.74, 6) is -0.000670. The Hall–Kier alpha value is -0.630. The average Bonchev–Trinajstić information content (AvgIpc) is 2.17. The molecule has 0 aliphatic rings. The SMILES string of the molecule is CCCCC(C=CC(C)C=O)OC. The van der Waals surface area contributed by atoms with Gasteiger partial charge in [0.1, 0.15) is 6.29 Å². The van der Waals surface area contributed by atoms with Crippen molar-refractivity contribution < 1.29 is 9.53 Å². The van der Waals surface area contributed by atoms with Crippen LogP contribution in [-0.2, 0) is 9.53 Å². The number of carbonyl (C=O) groups is 1. The van der Waals surface area contributed by atoms with Crippen LogP contribution in [0, 0.1) is 5.92 Å². The summed E-state index contributed by atoms with van der Waals surface area (Å²) in [6.45, 7) is 4.03. The van der Waals surface area contributed by atoms with E-state index in [4.69, 9.17) is 4.74 Å². The topological polar surface area (TPSA) is 26.3 Å². The molecule has 0 saturated carbocycles. The minimum atomic E-state index is -0.000670. The smallest absolute Gasteiger partial charge is 0.126 e. The third kappa shape index (κ3) is 6.52. The zero-order chi connectivity index (χ0) is 10.1. The van der Waals surface area contributed by atoms with Crippen LogP contribution >= 0.6 is 0 Å². The van der Waals surface area contributed by atoms with E-state index < -0.39 is 0 Å². The number of hydrogen-bond acceptors (Lipinski definition) is 2. The minimum Gasteiger partial charge on any atom is -0.377 e. The summed E-state index contributed by atoms with van der Waals surface area (Å²) in [4.78, 5) is 10.3. The molecule has 0 aromatic carbocycles. The summed E-state index contributed by atoms with van der Waals surface area (Å²) in [5, 5.41) is 0. The van der Waals surface area contributed by atoms with Crippen LogP contribution in [0.5, 0.6) is 0 Å². The average molecular weight is 184 g/mol. The van der Waals surface area contributed by atoms with E-state index in [-0.39, 0.29) is 12.0 Å². The van der Waals surface area contributed by atoms with Gasteiger partial charge in [0.05, 0.1) is 6.10 Å². The van der Waals surface area contributed by atoms with Crippen LogP contribution < -0.4 is 0 Å². The number of rotatable bonds is 7. The quantitative estimate of drug-likeness (QED) is 0.449. The molecule has 0 spiro atoms. The second-order valence-electron chi connectivity index (χ2n) is 3.30. The fraction of sp³-hybridized carbons (Fsp3) is 0.727. The van der Waals surface area contributed by atoms with E-state index in [1.807, 2.05) is 19.1 Å². The predicted molar refractivity (Wildman–Crippen MR) is 54.7 cm³/mol. The van der Waals surface area contributed by atoms with E-state index in [1.54, 1.807) is 7.11 Å². The molecular weight excluding hydrogens is 164 g/mol. The molecule has 13 heavy (non-hydrogen) atoms. The zero-order valence-corrected chi connectivity index (χ0v) is 8.82. The lowest BCUT2D eigenvalue weighted by Crippen LogP contribution is -2.07. The Morgan fingerprint density at radius 1 is 1.38 bits per heavy atom. The van der Waals surface area contributed by atoms with E-state index in [0.717, 1.165) is 19.1 Å². The van der Waals surface area contributed by atoms with Gasteiger partial charge in [-0.05, 0) is 6.42 Å². The summed E-state index contributed by atoms with van der Waals surface area (Å²) >= 11 is 0. The van der Waals surface area contributed by atoms with E-state index in [2.05, 4.69) is 6.92 Å². The van der Waals surface area contributed by atoms with Crippen molar-refractivity contribution in [2.45, 2.75) is 39.2 Å². The molecule has 76 valence electrons. The number of unbranched alkanes of at least 4 members (excludes halogenated alkanes) is 1. The zero-order valence-electron chi connectivity index (χ0n) is 8.82. The van der Waals surface area contributed by atoms with Gasteiger partial charge in [0.25, 0.3) is 0 Å². The molecule has 0 amide bonds. The molecule has 0 rings (SSSR count). The number of ether oxygens (including phenoxy) is 1. The van der Waals surface area contributed by atoms with Gasteiger partial charge >= 0.3 is 0 Å². The second kappa shape index (κ2) is 7.99. The van der Waals surface area contributed by atoms with Crippen molar-refractivity contribution in [3.8, 4) is 0 Å². The molecule has 0 aromatic heterocycles. The van der Waals surface area contributed by atoms with Crippen LogP contribution in [0.1, 0.15) is 33.1 Å². The lowest BCUT2D eigenvalue weighted by atomic mass is 10.1. The first-order valence-electron chi connectivity index (χ1n) is 4.91. The summed E-state index contributed by atoms with van der Waals surface area (Å²) in [6, 6.07) is 0. The van der Waals surface area contributed by atoms with Gasteiger partial charge in [0.2, 0.25) is 0 Å². The molecule has 0 aromatic rings. The van der Waals surface area contributed by atoms with Crippen LogP contribution in [0.3, 0.4) is 0 Å². The van der Waals surface area contributed by atoms with Gasteiger partial charge < -0.3 is 9.53 Å². The fourth-order valence-electron chi connectivity index (χ4n) is 1.04. The monoisotopic (exact) mass is 184 g/mol. The van der Waals surface area contributed by atoms with Gasteiger partial charge in [-0.15, -0.1) is 0 Å². The third-order valence-corrected chi connectivity index (χ3v) is 1.99. The van der Waals surface area contributed by atoms with Crippen LogP contribution in [-0.4, -0.2) is 19.5 Å². The largest absolute Gasteiger partial charge is 0.377 e. The molecule has 0 fully saturated rings. The Bertz CT molecular complexity index is 152. The first kappa shape index (κ1) is 12.4. The Morgan fingerprint density at radius 2 is 2.08 bits per heavy atom. The van der Waals surface area contributed by atoms with Crippen molar-refractivity contribution >= 4 is 6.29 Å². The molecule has 0 bridgehead atoms. The van der Waals surface area contributed by atoms with Crippen LogP contribution in [0.2, 0.25) is 0 Å². The number of carbonyl (C=O) groups excluding carboxylic acids is 1. The van der Waals surface area contributed by atoms with Gasteiger partial charge in [-0.25, -0.2) is 0 Å². The Labute approximate surface area is 81.0 Å². The molecule has 0 heterocycles. The first-order valence-corrected chi connectivity index (χ1v) is 4.91. The van der Waals surface area contributed by atoms with Crippen LogP contribution in [0.15, 0.2) is 12.2 Å². The highest BCUT2D eigenvalue weighted by Gasteiger charge is 2.01. The van der Waals surface area contributed by atoms with Crippen molar-refractivity contribution in [1.82, 2.24) is 0 Å². The van der Waals surface area contributed by atoms with Gasteiger partial charge in [0, 0.05) is 13.0 Å². The predicted octanol–water partition coefficient (Wildman–Crippen LogP) is 2.58. The second-order valence-corrected chi connectivity index (χ2v) is 3.30. The summed E-state index contributed by atoms with van der Waals surface area (Å²) in [5.41, 5.74) is 0. The Balaban J connectivity index is 3.81. The van der Waals surface area contributed by atoms with Crippen LogP contribution in [0.25, 0.3) is 0 Å². The molecule has 0 saturated heterocycles. The van der Waals surface area contributed by atoms with Crippen molar-refractivity contribution in [3.63, 3.8) is 0 Å². The fourth-order valence-corrected chi connectivity index (χ4v) is 1.04. The number of methoxy groups -OCH3 is 1. The molecule has 0 aliphatic heterocycles. The van der Waals surface area contributed by atoms with E-state index in [0.29, 0.717) is 0 Å². The molecule has 2 nitrogen and oxygen atoms in total. The standard InChI is InChI=1S/C11H20O2/c1-4-5-6-11(13-3)8-7-10(2)9-12/h7-11H,4-6H2,1-3H3. The van der Waals surface area contributed by atoms with Gasteiger partial charge in [-0.3, -0.25) is 0 Å². The van der Waals surface area contributed by atoms with E-state index in [9.17, 15) is 4.79 Å². The van der Waals surface area contributed by atoms with Crippen molar-refractivity contribution in [1.29, 1.82) is 0 Å². The van der Waals surface area contributed by atoms with Crippen molar-refractivity contribution in [3.05, 3.63) is 12.2 Å². The van der Waals surface area contributed by atoms with Crippen molar-refractivity contribution in [2.75, 3.05) is 7.11 Å². The molecule has 0 N–H and O–H groups in total. The minimum absolute atomic E-state index is 0.000670. The third-order valence-electron chi connectivity index (χ3n) is 1.99. The highest BCUT2D eigenvalue weighted by Crippen LogP contribution is 2.06. The summed E-state index contributed by atoms with van der Waals surface area (Å²) in [6.07, 6.45) is 8.36. The van der Waals surface area contributed by atoms with E-state index >= 15 is 0 Å². The van der Waals surface area contributed by atoms with E-state index in [1.165, 1.54) is 6.42 Å². The molecule has 2 unspecified atom stereocenters. The van der Waals surface area contributed by atoms with Crippen molar-refractivity contribution in [2.24, 2.45) is 5.92 Å². The molecule has 2 heteroatoms. The Morgan fingerprint density at radius 3 is 2.54 bits per heavy atom. The lowest BCUT2D eigenvalue weighted by molar-refractivity contribution is -0.109. The molecule has 2 atom stereocenters. The highest BCUT2D eigenvalue weighted by molar-refractivity contribution is 5.55. The van der Waals surface area contributed by atoms with Gasteiger partial charge in [0.15, 0.2) is 0 Å². The van der Waals surface area contributed by atoms with Gasteiger partial charge in [-0.1, -0.05) is 38.8 Å². The Kier molecular flexibility index (Phi) is 7.60. The molecule has 0 aliphatic carbocycles. The summed E-state index contributed by atoms with van der Waals surface area (Å²) < 4.78 is 5.24. The maximum Gasteiger partial charge on any atom is 0.126 e. The summed E-state index contributed by atoms with van der Waals surface area (Å²) in [7, 11) is 1.70. The van der Waals surface area contributed by atoms with Gasteiger partial charge in [-0.2, -0.15) is 0 Å². The normalized spacial score (nSPS) is 15.9. The number of aldehydes is 1.